The van der Waals surface area contributed by atoms with E-state index in [0.29, 0.717) is 25.9 Å². The summed E-state index contributed by atoms with van der Waals surface area (Å²) in [6.07, 6.45) is -5.88. The van der Waals surface area contributed by atoms with Gasteiger partial charge in [-0.1, -0.05) is 48.5 Å². The third kappa shape index (κ3) is 6.82. The summed E-state index contributed by atoms with van der Waals surface area (Å²) in [6, 6.07) is 21.6. The molecule has 40 heavy (non-hydrogen) atoms. The minimum absolute atomic E-state index is 0.00616. The maximum Gasteiger partial charge on any atom is 0.416 e. The van der Waals surface area contributed by atoms with Crippen LogP contribution in [0.4, 0.5) is 26.3 Å². The van der Waals surface area contributed by atoms with Gasteiger partial charge in [-0.05, 0) is 66.3 Å². The zero-order valence-corrected chi connectivity index (χ0v) is 21.6. The molecule has 0 amide bonds. The Balaban J connectivity index is 1.36. The molecule has 0 radical (unpaired) electrons. The van der Waals surface area contributed by atoms with Crippen molar-refractivity contribution in [1.29, 1.82) is 0 Å². The number of para-hydroxylation sites is 1. The van der Waals surface area contributed by atoms with Crippen LogP contribution < -0.4 is 5.32 Å². The molecule has 4 aromatic rings. The van der Waals surface area contributed by atoms with Crippen molar-refractivity contribution in [1.82, 2.24) is 15.2 Å². The van der Waals surface area contributed by atoms with Gasteiger partial charge in [0.25, 0.3) is 0 Å². The highest BCUT2D eigenvalue weighted by molar-refractivity contribution is 5.81. The zero-order valence-electron chi connectivity index (χ0n) is 21.6. The number of benzene rings is 3. The van der Waals surface area contributed by atoms with E-state index in [9.17, 15) is 26.3 Å². The van der Waals surface area contributed by atoms with Crippen LogP contribution in [-0.2, 0) is 31.9 Å². The number of hydrogen-bond acceptors (Lipinski definition) is 3. The number of alkyl halides is 6. The molecule has 0 saturated carbocycles. The number of piperidine rings is 1. The number of hydrogen-bond donors (Lipinski definition) is 1. The van der Waals surface area contributed by atoms with Crippen LogP contribution in [0.15, 0.2) is 85.1 Å². The van der Waals surface area contributed by atoms with Gasteiger partial charge in [0.05, 0.1) is 16.6 Å². The van der Waals surface area contributed by atoms with E-state index < -0.39 is 23.5 Å². The largest absolute Gasteiger partial charge is 0.416 e. The maximum absolute atomic E-state index is 13.5. The van der Waals surface area contributed by atoms with Gasteiger partial charge in [0.1, 0.15) is 0 Å². The Kier molecular flexibility index (Phi) is 8.14. The van der Waals surface area contributed by atoms with Gasteiger partial charge < -0.3 is 5.32 Å². The predicted molar refractivity (Wildman–Crippen MR) is 142 cm³/mol. The van der Waals surface area contributed by atoms with Gasteiger partial charge in [-0.2, -0.15) is 26.3 Å². The number of nitrogens with zero attached hydrogens (tertiary/aromatic N) is 2. The standard InChI is InChI=1S/C31H29F6N3/c32-30(33,34)24-14-22(15-25(17-24)31(35,36)37)20-40-13-11-26(18-27(40)16-21-6-2-1-3-7-21)39-19-23-10-12-38-29-9-5-4-8-28(23)29/h1-10,12,14-15,17,26-27,39H,11,13,16,18-20H2/t26-,27-/m1/s1. The van der Waals surface area contributed by atoms with E-state index >= 15 is 0 Å². The van der Waals surface area contributed by atoms with Crippen LogP contribution in [0, 0.1) is 0 Å². The molecular formula is C31H29F6N3. The van der Waals surface area contributed by atoms with Crippen molar-refractivity contribution in [3.05, 3.63) is 113 Å². The van der Waals surface area contributed by atoms with E-state index in [-0.39, 0.29) is 30.3 Å². The van der Waals surface area contributed by atoms with Gasteiger partial charge >= 0.3 is 12.4 Å². The Bertz CT molecular complexity index is 1400. The maximum atomic E-state index is 13.5. The minimum Gasteiger partial charge on any atom is -0.310 e. The van der Waals surface area contributed by atoms with Crippen LogP contribution in [-0.4, -0.2) is 28.5 Å². The van der Waals surface area contributed by atoms with E-state index in [0.717, 1.165) is 40.6 Å². The summed E-state index contributed by atoms with van der Waals surface area (Å²) >= 11 is 0. The fourth-order valence-corrected chi connectivity index (χ4v) is 5.50. The topological polar surface area (TPSA) is 28.2 Å². The Morgan fingerprint density at radius 2 is 1.48 bits per heavy atom. The van der Waals surface area contributed by atoms with Crippen LogP contribution in [0.3, 0.4) is 0 Å². The number of nitrogens with one attached hydrogen (secondary N) is 1. The Hall–Kier alpha value is -3.43. The first-order valence-corrected chi connectivity index (χ1v) is 13.2. The third-order valence-electron chi connectivity index (χ3n) is 7.51. The highest BCUT2D eigenvalue weighted by atomic mass is 19.4. The fraction of sp³-hybridized carbons (Fsp3) is 0.323. The highest BCUT2D eigenvalue weighted by Crippen LogP contribution is 2.37. The third-order valence-corrected chi connectivity index (χ3v) is 7.51. The van der Waals surface area contributed by atoms with Crippen molar-refractivity contribution < 1.29 is 26.3 Å². The monoisotopic (exact) mass is 557 g/mol. The van der Waals surface area contributed by atoms with Crippen molar-refractivity contribution >= 4 is 10.9 Å². The van der Waals surface area contributed by atoms with Crippen molar-refractivity contribution in [3.63, 3.8) is 0 Å². The summed E-state index contributed by atoms with van der Waals surface area (Å²) in [5.74, 6) is 0. The summed E-state index contributed by atoms with van der Waals surface area (Å²) in [6.45, 7) is 1.18. The van der Waals surface area contributed by atoms with Crippen molar-refractivity contribution in [3.8, 4) is 0 Å². The molecule has 0 spiro atoms. The number of fused-ring (bicyclic) bond motifs is 1. The molecule has 1 aliphatic rings. The Morgan fingerprint density at radius 1 is 0.800 bits per heavy atom. The molecule has 1 N–H and O–H groups in total. The van der Waals surface area contributed by atoms with Crippen molar-refractivity contribution in [2.24, 2.45) is 0 Å². The molecule has 0 aliphatic carbocycles. The van der Waals surface area contributed by atoms with Crippen LogP contribution in [0.1, 0.15) is 40.7 Å². The van der Waals surface area contributed by atoms with E-state index in [1.807, 2.05) is 65.6 Å². The Labute approximate surface area is 228 Å². The molecule has 2 atom stereocenters. The van der Waals surface area contributed by atoms with Crippen LogP contribution in [0.5, 0.6) is 0 Å². The predicted octanol–water partition coefficient (Wildman–Crippen LogP) is 7.64. The number of rotatable bonds is 7. The van der Waals surface area contributed by atoms with E-state index in [4.69, 9.17) is 0 Å². The number of aromatic nitrogens is 1. The molecule has 210 valence electrons. The van der Waals surface area contributed by atoms with Gasteiger partial charge in [0.2, 0.25) is 0 Å². The van der Waals surface area contributed by atoms with E-state index in [1.54, 1.807) is 6.20 Å². The lowest BCUT2D eigenvalue weighted by atomic mass is 9.91. The molecule has 3 nitrogen and oxygen atoms in total. The van der Waals surface area contributed by atoms with Gasteiger partial charge in [-0.25, -0.2) is 0 Å². The molecule has 1 aromatic heterocycles. The summed E-state index contributed by atoms with van der Waals surface area (Å²) < 4.78 is 80.8. The summed E-state index contributed by atoms with van der Waals surface area (Å²) in [5, 5.41) is 4.71. The second kappa shape index (κ2) is 11.6. The highest BCUT2D eigenvalue weighted by Gasteiger charge is 2.37. The quantitative estimate of drug-likeness (QED) is 0.237. The van der Waals surface area contributed by atoms with Crippen LogP contribution >= 0.6 is 0 Å². The van der Waals surface area contributed by atoms with E-state index in [1.165, 1.54) is 0 Å². The first kappa shape index (κ1) is 28.1. The van der Waals surface area contributed by atoms with Gasteiger partial charge in [-0.3, -0.25) is 9.88 Å². The molecule has 9 heteroatoms. The van der Waals surface area contributed by atoms with Gasteiger partial charge in [0, 0.05) is 43.3 Å². The lowest BCUT2D eigenvalue weighted by molar-refractivity contribution is -0.143. The zero-order chi connectivity index (χ0) is 28.3. The SMILES string of the molecule is FC(F)(F)c1cc(CN2CC[C@@H](NCc3ccnc4ccccc34)C[C@H]2Cc2ccccc2)cc(C(F)(F)F)c1. The van der Waals surface area contributed by atoms with E-state index in [2.05, 4.69) is 10.3 Å². The molecule has 1 saturated heterocycles. The second-order valence-electron chi connectivity index (χ2n) is 10.3. The number of pyridine rings is 1. The molecule has 1 aliphatic heterocycles. The van der Waals surface area contributed by atoms with Crippen molar-refractivity contribution in [2.45, 2.75) is 56.8 Å². The number of likely N-dealkylation sites (tertiary alicyclic amines) is 1. The lowest BCUT2D eigenvalue weighted by Crippen LogP contribution is -2.49. The molecular weight excluding hydrogens is 528 g/mol. The summed E-state index contributed by atoms with van der Waals surface area (Å²) in [7, 11) is 0. The number of halogens is 6. The average molecular weight is 558 g/mol. The lowest BCUT2D eigenvalue weighted by Gasteiger charge is -2.40. The first-order valence-electron chi connectivity index (χ1n) is 13.2. The summed E-state index contributed by atoms with van der Waals surface area (Å²) in [4.78, 5) is 6.43. The van der Waals surface area contributed by atoms with Crippen LogP contribution in [0.25, 0.3) is 10.9 Å². The minimum atomic E-state index is -4.87. The van der Waals surface area contributed by atoms with Crippen molar-refractivity contribution in [2.75, 3.05) is 6.54 Å². The molecule has 2 heterocycles. The first-order chi connectivity index (χ1) is 19.1. The molecule has 3 aromatic carbocycles. The van der Waals surface area contributed by atoms with Gasteiger partial charge in [0.15, 0.2) is 0 Å². The molecule has 1 fully saturated rings. The molecule has 5 rings (SSSR count). The average Bonchev–Trinajstić information content (AvgIpc) is 2.92. The smallest absolute Gasteiger partial charge is 0.310 e. The summed E-state index contributed by atoms with van der Waals surface area (Å²) in [5.41, 5.74) is 0.554. The normalized spacial score (nSPS) is 18.8. The molecule has 0 unspecified atom stereocenters. The second-order valence-corrected chi connectivity index (χ2v) is 10.3. The van der Waals surface area contributed by atoms with Crippen LogP contribution in [0.2, 0.25) is 0 Å². The van der Waals surface area contributed by atoms with Gasteiger partial charge in [-0.15, -0.1) is 0 Å². The Morgan fingerprint density at radius 3 is 2.17 bits per heavy atom. The molecule has 0 bridgehead atoms. The fourth-order valence-electron chi connectivity index (χ4n) is 5.50.